The molecule has 0 saturated heterocycles. The number of allylic oxidation sites excluding steroid dienone is 6. The molecule has 0 unspecified atom stereocenters. The van der Waals surface area contributed by atoms with Crippen LogP contribution in [-0.4, -0.2) is 33.1 Å². The van der Waals surface area contributed by atoms with Crippen molar-refractivity contribution in [2.45, 2.75) is 367 Å². The molecule has 0 saturated carbocycles. The summed E-state index contributed by atoms with van der Waals surface area (Å²) in [6.07, 6.45) is 78.4. The van der Waals surface area contributed by atoms with Crippen LogP contribution in [0.2, 0.25) is 0 Å². The Hall–Kier alpha value is -1.84. The molecule has 0 heterocycles. The first-order valence-electron chi connectivity index (χ1n) is 32.6. The average molecular weight is 1040 g/mol. The van der Waals surface area contributed by atoms with E-state index in [1.165, 1.54) is 270 Å². The van der Waals surface area contributed by atoms with Gasteiger partial charge in [-0.1, -0.05) is 288 Å². The molecule has 0 rings (SSSR count). The summed E-state index contributed by atoms with van der Waals surface area (Å²) in [7, 11) is 0. The molecule has 6 nitrogen and oxygen atoms in total. The van der Waals surface area contributed by atoms with Crippen molar-refractivity contribution in [3.63, 3.8) is 0 Å². The van der Waals surface area contributed by atoms with E-state index >= 15 is 0 Å². The van der Waals surface area contributed by atoms with Gasteiger partial charge in [0.05, 0.1) is 0 Å². The van der Waals surface area contributed by atoms with Gasteiger partial charge in [-0.05, 0) is 96.3 Å². The van der Waals surface area contributed by atoms with E-state index in [2.05, 4.69) is 57.2 Å². The quantitative estimate of drug-likeness (QED) is 0.0343. The van der Waals surface area contributed by atoms with E-state index in [1.807, 2.05) is 0 Å². The maximum Gasteiger partial charge on any atom is 1.20 e. The minimum Gasteiger partial charge on any atom is -0.551 e. The van der Waals surface area contributed by atoms with Crippen LogP contribution >= 0.6 is 0 Å². The van der Waals surface area contributed by atoms with Gasteiger partial charge in [0, 0.05) is 19.3 Å². The first-order valence-corrected chi connectivity index (χ1v) is 34.0. The van der Waals surface area contributed by atoms with E-state index in [0.717, 1.165) is 57.8 Å². The lowest BCUT2D eigenvalue weighted by molar-refractivity contribution is -0.148. The second kappa shape index (κ2) is 62.7. The van der Waals surface area contributed by atoms with E-state index in [9.17, 15) is 14.4 Å². The van der Waals surface area contributed by atoms with E-state index < -0.39 is 33.1 Å². The van der Waals surface area contributed by atoms with Gasteiger partial charge >= 0.3 is 15.1 Å². The molecule has 0 amide bonds. The lowest BCUT2D eigenvalue weighted by Crippen LogP contribution is -2.34. The molecule has 0 aliphatic rings. The number of carbonyl (C=O) groups excluding carboxylic acids is 3. The van der Waals surface area contributed by atoms with Crippen molar-refractivity contribution in [3.05, 3.63) is 36.5 Å². The van der Waals surface area contributed by atoms with Gasteiger partial charge < -0.3 is 11.4 Å². The highest BCUT2D eigenvalue weighted by molar-refractivity contribution is 6.44. The Morgan fingerprint density at radius 3 is 0.562 bits per heavy atom. The molecule has 0 aromatic carbocycles. The molecule has 0 radical (unpaired) electrons. The molecule has 0 fully saturated rings. The molecular weight excluding hydrogens is 916 g/mol. The third-order valence-corrected chi connectivity index (χ3v) is 16.0. The average Bonchev–Trinajstić information content (AvgIpc) is 3.38. The topological polar surface area (TPSA) is 78.9 Å². The van der Waals surface area contributed by atoms with Crippen molar-refractivity contribution in [1.29, 1.82) is 0 Å². The van der Waals surface area contributed by atoms with Gasteiger partial charge in [-0.2, -0.15) is 0 Å². The molecule has 0 aliphatic carbocycles. The van der Waals surface area contributed by atoms with Gasteiger partial charge in [0.2, 0.25) is 0 Å². The number of hydrogen-bond donors (Lipinski definition) is 0. The minimum absolute atomic E-state index is 0.262. The second-order valence-corrected chi connectivity index (χ2v) is 23.3. The molecule has 0 bridgehead atoms. The lowest BCUT2D eigenvalue weighted by Gasteiger charge is -2.14. The van der Waals surface area contributed by atoms with E-state index in [4.69, 9.17) is 11.4 Å². The largest absolute Gasteiger partial charge is 1.20 e. The van der Waals surface area contributed by atoms with Crippen LogP contribution in [0.1, 0.15) is 367 Å². The summed E-state index contributed by atoms with van der Waals surface area (Å²) in [5.41, 5.74) is 0. The van der Waals surface area contributed by atoms with Crippen molar-refractivity contribution in [1.82, 2.24) is 0 Å². The van der Waals surface area contributed by atoms with Gasteiger partial charge in [-0.25, -0.2) is 0 Å². The van der Waals surface area contributed by atoms with Crippen LogP contribution in [0.25, 0.3) is 0 Å². The fourth-order valence-electron chi connectivity index (χ4n) is 9.71. The van der Waals surface area contributed by atoms with Crippen LogP contribution in [0, 0.1) is 0 Å². The summed E-state index contributed by atoms with van der Waals surface area (Å²) in [5, 5.41) is 0. The summed E-state index contributed by atoms with van der Waals surface area (Å²) < 4.78 is 16.9. The Balaban J connectivity index is 4.36. The fraction of sp³-hybridized carbons (Fsp3) is 0.864. The zero-order valence-electron chi connectivity index (χ0n) is 49.2. The van der Waals surface area contributed by atoms with Crippen molar-refractivity contribution in [2.24, 2.45) is 0 Å². The fourth-order valence-corrected chi connectivity index (χ4v) is 10.9. The predicted molar refractivity (Wildman–Crippen MR) is 318 cm³/mol. The number of hydrogen-bond acceptors (Lipinski definition) is 6. The van der Waals surface area contributed by atoms with Crippen LogP contribution in [0.4, 0.5) is 0 Å². The van der Waals surface area contributed by atoms with Crippen molar-refractivity contribution >= 4 is 33.1 Å². The van der Waals surface area contributed by atoms with Gasteiger partial charge in [0.1, 0.15) is 0 Å². The highest BCUT2D eigenvalue weighted by Crippen LogP contribution is 2.17. The third-order valence-electron chi connectivity index (χ3n) is 14.6. The maximum absolute atomic E-state index is 12.9. The molecule has 426 valence electrons. The molecule has 0 N–H and O–H groups in total. The third kappa shape index (κ3) is 60.9. The van der Waals surface area contributed by atoms with Crippen LogP contribution in [0.3, 0.4) is 0 Å². The second-order valence-electron chi connectivity index (χ2n) is 22.0. The van der Waals surface area contributed by atoms with Crippen molar-refractivity contribution in [2.75, 3.05) is 0 Å². The Kier molecular flexibility index (Phi) is 61.1. The first kappa shape index (κ1) is 71.2. The molecular formula is C66H123AlO6. The number of rotatable bonds is 60. The maximum atomic E-state index is 12.9. The predicted octanol–water partition coefficient (Wildman–Crippen LogP) is 22.4. The molecule has 7 heteroatoms. The van der Waals surface area contributed by atoms with E-state index in [-0.39, 0.29) is 19.3 Å². The van der Waals surface area contributed by atoms with Gasteiger partial charge in [0.25, 0.3) is 17.9 Å². The SMILES string of the molecule is CCCCCCCC/C=C/CCCCCCCCCCCC(=O)[O][Al]([O]C(=O)CCCCCCCCCCC/C=C/CCCCCCCC)[O]C(=O)CCCCCCCCCCC/C=C/CCCCCCCC. The minimum atomic E-state index is -3.27. The zero-order chi connectivity index (χ0) is 52.9. The van der Waals surface area contributed by atoms with E-state index in [1.54, 1.807) is 0 Å². The first-order chi connectivity index (χ1) is 36.0. The van der Waals surface area contributed by atoms with Crippen molar-refractivity contribution in [3.8, 4) is 0 Å². The van der Waals surface area contributed by atoms with Crippen LogP contribution in [0.15, 0.2) is 36.5 Å². The summed E-state index contributed by atoms with van der Waals surface area (Å²) in [5.74, 6) is -1.25. The molecule has 73 heavy (non-hydrogen) atoms. The molecule has 0 aliphatic heterocycles. The van der Waals surface area contributed by atoms with Gasteiger partial charge in [0.15, 0.2) is 0 Å². The van der Waals surface area contributed by atoms with Gasteiger partial charge in [-0.3, -0.25) is 14.4 Å². The highest BCUT2D eigenvalue weighted by atomic mass is 27.3. The Labute approximate surface area is 460 Å². The van der Waals surface area contributed by atoms with Crippen LogP contribution in [0.5, 0.6) is 0 Å². The molecule has 0 aromatic rings. The normalized spacial score (nSPS) is 11.7. The zero-order valence-corrected chi connectivity index (χ0v) is 50.3. The Morgan fingerprint density at radius 2 is 0.384 bits per heavy atom. The van der Waals surface area contributed by atoms with Crippen molar-refractivity contribution < 1.29 is 25.7 Å². The summed E-state index contributed by atoms with van der Waals surface area (Å²) in [4.78, 5) is 38.7. The van der Waals surface area contributed by atoms with Crippen LogP contribution < -0.4 is 0 Å². The standard InChI is InChI=1S/3C22H42O2.Al/c3*1-2-3-4-5-6-7-8-9-10-11-12-13-14-15-16-17-18-19-20-21-22(23)24;/h3*9-10H,2-8,11-21H2,1H3,(H,23,24);/q;;;+3/p-3/b3*10-9+;. The van der Waals surface area contributed by atoms with E-state index in [0.29, 0.717) is 0 Å². The number of carbonyl (C=O) groups is 3. The summed E-state index contributed by atoms with van der Waals surface area (Å²) in [6, 6.07) is 0. The monoisotopic (exact) mass is 1040 g/mol. The highest BCUT2D eigenvalue weighted by Gasteiger charge is 2.48. The molecule has 0 atom stereocenters. The van der Waals surface area contributed by atoms with Crippen LogP contribution in [-0.2, 0) is 25.7 Å². The smallest absolute Gasteiger partial charge is 0.551 e. The molecule has 0 aromatic heterocycles. The summed E-state index contributed by atoms with van der Waals surface area (Å²) in [6.45, 7) is 6.83. The Bertz CT molecular complexity index is 1080. The number of unbranched alkanes of at least 4 members (excludes halogenated alkanes) is 45. The molecule has 0 spiro atoms. The van der Waals surface area contributed by atoms with Gasteiger partial charge in [-0.15, -0.1) is 0 Å². The summed E-state index contributed by atoms with van der Waals surface area (Å²) >= 11 is -3.27. The lowest BCUT2D eigenvalue weighted by atomic mass is 10.1. The Morgan fingerprint density at radius 1 is 0.233 bits per heavy atom.